The van der Waals surface area contributed by atoms with Crippen molar-refractivity contribution in [3.8, 4) is 0 Å². The molecule has 14 heavy (non-hydrogen) atoms. The Morgan fingerprint density at radius 2 is 2.07 bits per heavy atom. The Morgan fingerprint density at radius 3 is 2.64 bits per heavy atom. The molecule has 0 aliphatic heterocycles. The molecule has 0 aromatic carbocycles. The van der Waals surface area contributed by atoms with E-state index in [1.807, 2.05) is 0 Å². The van der Waals surface area contributed by atoms with Gasteiger partial charge in [0.25, 0.3) is 0 Å². The highest BCUT2D eigenvalue weighted by atomic mass is 16.2. The molecular weight excluding hydrogens is 176 g/mol. The summed E-state index contributed by atoms with van der Waals surface area (Å²) in [6.07, 6.45) is 10.5. The third-order valence-electron chi connectivity index (χ3n) is 4.38. The minimum atomic E-state index is -0.209. The predicted molar refractivity (Wildman–Crippen MR) is 52.8 cm³/mol. The largest absolute Gasteiger partial charge is 0.515 e. The van der Waals surface area contributed by atoms with Crippen LogP contribution < -0.4 is 0 Å². The summed E-state index contributed by atoms with van der Waals surface area (Å²) in [5, 5.41) is 9.03. The van der Waals surface area contributed by atoms with Crippen LogP contribution in [0.15, 0.2) is 24.0 Å². The van der Waals surface area contributed by atoms with Gasteiger partial charge in [0.15, 0.2) is 5.78 Å². The van der Waals surface area contributed by atoms with Crippen LogP contribution in [-0.4, -0.2) is 10.9 Å². The first-order chi connectivity index (χ1) is 6.74. The second-order valence-corrected chi connectivity index (χ2v) is 4.83. The van der Waals surface area contributed by atoms with Gasteiger partial charge in [-0.15, -0.1) is 0 Å². The second kappa shape index (κ2) is 2.30. The topological polar surface area (TPSA) is 37.3 Å². The van der Waals surface area contributed by atoms with Crippen molar-refractivity contribution < 1.29 is 9.90 Å². The summed E-state index contributed by atoms with van der Waals surface area (Å²) >= 11 is 0. The number of hydrogen-bond donors (Lipinski definition) is 1. The lowest BCUT2D eigenvalue weighted by Crippen LogP contribution is -2.47. The van der Waals surface area contributed by atoms with Gasteiger partial charge in [-0.2, -0.15) is 0 Å². The molecule has 2 fully saturated rings. The van der Waals surface area contributed by atoms with E-state index in [9.17, 15) is 4.79 Å². The SMILES string of the molecule is O=C1/C(=C\O)C[C@]23C=C[C@]12CCCC3. The number of rotatable bonds is 0. The molecule has 2 saturated carbocycles. The van der Waals surface area contributed by atoms with Crippen LogP contribution in [0.1, 0.15) is 32.1 Å². The van der Waals surface area contributed by atoms with E-state index in [4.69, 9.17) is 5.11 Å². The van der Waals surface area contributed by atoms with E-state index in [2.05, 4.69) is 12.2 Å². The number of aliphatic hydroxyl groups excluding tert-OH is 1. The molecule has 3 aliphatic carbocycles. The lowest BCUT2D eigenvalue weighted by Gasteiger charge is -2.51. The Kier molecular flexibility index (Phi) is 1.36. The molecule has 1 N–H and O–H groups in total. The first-order valence-corrected chi connectivity index (χ1v) is 5.33. The van der Waals surface area contributed by atoms with Crippen LogP contribution in [0.3, 0.4) is 0 Å². The summed E-state index contributed by atoms with van der Waals surface area (Å²) in [4.78, 5) is 12.1. The quantitative estimate of drug-likeness (QED) is 0.362. The van der Waals surface area contributed by atoms with Crippen LogP contribution in [0.25, 0.3) is 0 Å². The van der Waals surface area contributed by atoms with E-state index in [-0.39, 0.29) is 16.6 Å². The maximum absolute atomic E-state index is 12.1. The lowest BCUT2D eigenvalue weighted by molar-refractivity contribution is -0.126. The van der Waals surface area contributed by atoms with Gasteiger partial charge in [-0.25, -0.2) is 0 Å². The predicted octanol–water partition coefficient (Wildman–Crippen LogP) is 2.52. The van der Waals surface area contributed by atoms with Gasteiger partial charge in [-0.1, -0.05) is 25.0 Å². The number of aliphatic hydroxyl groups is 1. The lowest BCUT2D eigenvalue weighted by atomic mass is 9.51. The summed E-state index contributed by atoms with van der Waals surface area (Å²) in [7, 11) is 0. The van der Waals surface area contributed by atoms with Crippen LogP contribution >= 0.6 is 0 Å². The minimum Gasteiger partial charge on any atom is -0.515 e. The third-order valence-corrected chi connectivity index (χ3v) is 4.38. The Balaban J connectivity index is 2.12. The van der Waals surface area contributed by atoms with Crippen molar-refractivity contribution in [3.05, 3.63) is 24.0 Å². The smallest absolute Gasteiger partial charge is 0.172 e. The molecule has 0 aromatic rings. The van der Waals surface area contributed by atoms with Crippen molar-refractivity contribution in [1.29, 1.82) is 0 Å². The minimum absolute atomic E-state index is 0.0941. The van der Waals surface area contributed by atoms with Crippen molar-refractivity contribution in [3.63, 3.8) is 0 Å². The molecule has 0 saturated heterocycles. The van der Waals surface area contributed by atoms with Crippen molar-refractivity contribution in [2.24, 2.45) is 10.8 Å². The van der Waals surface area contributed by atoms with Gasteiger partial charge in [0.05, 0.1) is 11.7 Å². The highest BCUT2D eigenvalue weighted by molar-refractivity contribution is 6.06. The number of carbonyl (C=O) groups excluding carboxylic acids is 1. The van der Waals surface area contributed by atoms with Crippen LogP contribution in [0, 0.1) is 10.8 Å². The number of allylic oxidation sites excluding steroid dienone is 3. The first-order valence-electron chi connectivity index (χ1n) is 5.33. The number of hydrogen-bond acceptors (Lipinski definition) is 2. The zero-order valence-electron chi connectivity index (χ0n) is 8.12. The summed E-state index contributed by atoms with van der Waals surface area (Å²) in [6.45, 7) is 0. The van der Waals surface area contributed by atoms with E-state index in [1.165, 1.54) is 6.42 Å². The molecule has 74 valence electrons. The number of carbonyl (C=O) groups is 1. The van der Waals surface area contributed by atoms with Gasteiger partial charge in [-0.05, 0) is 19.3 Å². The molecular formula is C12H14O2. The van der Waals surface area contributed by atoms with Crippen molar-refractivity contribution in [2.45, 2.75) is 32.1 Å². The Labute approximate surface area is 83.3 Å². The molecule has 0 radical (unpaired) electrons. The summed E-state index contributed by atoms with van der Waals surface area (Å²) in [6, 6.07) is 0. The Morgan fingerprint density at radius 1 is 1.29 bits per heavy atom. The zero-order chi connectivity index (χ0) is 9.81. The fourth-order valence-electron chi connectivity index (χ4n) is 3.53. The van der Waals surface area contributed by atoms with Gasteiger partial charge in [0, 0.05) is 11.0 Å². The van der Waals surface area contributed by atoms with Crippen LogP contribution in [-0.2, 0) is 4.79 Å². The van der Waals surface area contributed by atoms with Crippen LogP contribution in [0.4, 0.5) is 0 Å². The molecule has 2 heteroatoms. The second-order valence-electron chi connectivity index (χ2n) is 4.83. The summed E-state index contributed by atoms with van der Waals surface area (Å²) in [5.41, 5.74) is 0.522. The monoisotopic (exact) mass is 190 g/mol. The van der Waals surface area contributed by atoms with Gasteiger partial charge in [0.2, 0.25) is 0 Å². The van der Waals surface area contributed by atoms with E-state index in [1.54, 1.807) is 0 Å². The Bertz CT molecular complexity index is 367. The molecule has 2 nitrogen and oxygen atoms in total. The summed E-state index contributed by atoms with van der Waals surface area (Å²) < 4.78 is 0. The van der Waals surface area contributed by atoms with Crippen molar-refractivity contribution >= 4 is 5.78 Å². The molecule has 0 aromatic heterocycles. The molecule has 0 amide bonds. The van der Waals surface area contributed by atoms with Crippen LogP contribution in [0.2, 0.25) is 0 Å². The van der Waals surface area contributed by atoms with E-state index < -0.39 is 0 Å². The highest BCUT2D eigenvalue weighted by Crippen LogP contribution is 2.67. The number of Topliss-reactive ketones (excluding diaryl/α,β-unsaturated/α-hetero) is 1. The zero-order valence-corrected chi connectivity index (χ0v) is 8.12. The average molecular weight is 190 g/mol. The van der Waals surface area contributed by atoms with Crippen LogP contribution in [0.5, 0.6) is 0 Å². The molecule has 3 aliphatic rings. The van der Waals surface area contributed by atoms with Gasteiger partial charge in [-0.3, -0.25) is 4.79 Å². The molecule has 0 bridgehead atoms. The molecule has 0 spiro atoms. The fraction of sp³-hybridized carbons (Fsp3) is 0.583. The molecule has 0 unspecified atom stereocenters. The van der Waals surface area contributed by atoms with Gasteiger partial charge in [0.1, 0.15) is 0 Å². The van der Waals surface area contributed by atoms with E-state index in [0.29, 0.717) is 5.57 Å². The molecule has 3 rings (SSSR count). The maximum atomic E-state index is 12.1. The summed E-state index contributed by atoms with van der Waals surface area (Å²) in [5.74, 6) is 0.183. The fourth-order valence-corrected chi connectivity index (χ4v) is 3.53. The van der Waals surface area contributed by atoms with E-state index in [0.717, 1.165) is 31.9 Å². The third kappa shape index (κ3) is 0.646. The van der Waals surface area contributed by atoms with Crippen molar-refractivity contribution in [2.75, 3.05) is 0 Å². The first kappa shape index (κ1) is 8.27. The molecule has 0 heterocycles. The molecule has 2 atom stereocenters. The van der Waals surface area contributed by atoms with E-state index >= 15 is 0 Å². The van der Waals surface area contributed by atoms with Crippen molar-refractivity contribution in [1.82, 2.24) is 0 Å². The maximum Gasteiger partial charge on any atom is 0.172 e. The van der Waals surface area contributed by atoms with Gasteiger partial charge < -0.3 is 5.11 Å². The Hall–Kier alpha value is -1.05. The average Bonchev–Trinajstić information content (AvgIpc) is 2.37. The normalized spacial score (nSPS) is 47.4. The standard InChI is InChI=1S/C12H14O2/c13-8-9-7-11-3-1-2-4-12(11,6-5-11)10(9)14/h5-6,8,13H,1-4,7H2/b9-8-/t11-,12+/m0/s1. The highest BCUT2D eigenvalue weighted by Gasteiger charge is 2.64. The van der Waals surface area contributed by atoms with Gasteiger partial charge >= 0.3 is 0 Å². The number of ketones is 1.